The second-order valence-corrected chi connectivity index (χ2v) is 8.92. The van der Waals surface area contributed by atoms with Gasteiger partial charge < -0.3 is 9.80 Å². The second-order valence-electron chi connectivity index (χ2n) is 8.54. The molecular formula is C25H25ClF2N4. The summed E-state index contributed by atoms with van der Waals surface area (Å²) in [6.45, 7) is 5.11. The van der Waals surface area contributed by atoms with Crippen molar-refractivity contribution in [2.75, 3.05) is 29.4 Å². The van der Waals surface area contributed by atoms with Crippen molar-refractivity contribution in [2.45, 2.75) is 39.2 Å². The van der Waals surface area contributed by atoms with Crippen LogP contribution in [0.25, 0.3) is 11.1 Å². The smallest absolute Gasteiger partial charge is 0.142 e. The minimum Gasteiger partial charge on any atom is -0.365 e. The van der Waals surface area contributed by atoms with Crippen molar-refractivity contribution in [1.82, 2.24) is 9.97 Å². The Kier molecular flexibility index (Phi) is 5.72. The zero-order valence-electron chi connectivity index (χ0n) is 18.0. The van der Waals surface area contributed by atoms with Gasteiger partial charge in [0.05, 0.1) is 16.4 Å². The van der Waals surface area contributed by atoms with Crippen LogP contribution in [0.2, 0.25) is 5.02 Å². The van der Waals surface area contributed by atoms with Gasteiger partial charge in [-0.2, -0.15) is 0 Å². The summed E-state index contributed by atoms with van der Waals surface area (Å²) in [5, 5.41) is -0.152. The molecule has 0 bridgehead atoms. The number of aryl methyl sites for hydroxylation is 1. The summed E-state index contributed by atoms with van der Waals surface area (Å²) < 4.78 is 28.4. The minimum absolute atomic E-state index is 0.152. The zero-order valence-corrected chi connectivity index (χ0v) is 18.8. The molecule has 1 saturated heterocycles. The number of nitrogens with zero attached hydrogens (tertiary/aromatic N) is 4. The van der Waals surface area contributed by atoms with Crippen LogP contribution in [0.5, 0.6) is 0 Å². The molecule has 3 aromatic rings. The first-order valence-electron chi connectivity index (χ1n) is 11.1. The number of benzene rings is 1. The summed E-state index contributed by atoms with van der Waals surface area (Å²) >= 11 is 6.11. The predicted molar refractivity (Wildman–Crippen MR) is 124 cm³/mol. The minimum atomic E-state index is -0.604. The standard InChI is InChI=1S/C25H25ClF2N4/c1-16-18(17-6-9-23(30-13-17)31-10-2-3-11-31)14-29-22-5-4-12-32(25(16)22)15-19-20(27)7-8-21(28)24(19)26/h6-9,13-14H,2-5,10-12,15H2,1H3. The molecule has 0 radical (unpaired) electrons. The Balaban J connectivity index is 1.49. The third-order valence-corrected chi connectivity index (χ3v) is 6.93. The Morgan fingerprint density at radius 1 is 0.938 bits per heavy atom. The van der Waals surface area contributed by atoms with Crippen molar-refractivity contribution in [1.29, 1.82) is 0 Å². The summed E-state index contributed by atoms with van der Waals surface area (Å²) in [6.07, 6.45) is 7.99. The van der Waals surface area contributed by atoms with Crippen LogP contribution < -0.4 is 9.80 Å². The average molecular weight is 455 g/mol. The lowest BCUT2D eigenvalue weighted by molar-refractivity contribution is 0.576. The molecule has 166 valence electrons. The Bertz CT molecular complexity index is 1140. The highest BCUT2D eigenvalue weighted by Crippen LogP contribution is 2.37. The van der Waals surface area contributed by atoms with Gasteiger partial charge >= 0.3 is 0 Å². The summed E-state index contributed by atoms with van der Waals surface area (Å²) in [6, 6.07) is 6.36. The molecule has 2 aliphatic rings. The van der Waals surface area contributed by atoms with E-state index < -0.39 is 11.6 Å². The number of halogens is 3. The maximum absolute atomic E-state index is 14.5. The molecule has 0 N–H and O–H groups in total. The SMILES string of the molecule is Cc1c(-c2ccc(N3CCCC3)nc2)cnc2c1N(Cc1c(F)ccc(F)c1Cl)CCC2. The first kappa shape index (κ1) is 21.1. The van der Waals surface area contributed by atoms with Gasteiger partial charge in [-0.15, -0.1) is 0 Å². The van der Waals surface area contributed by atoms with Crippen LogP contribution in [-0.4, -0.2) is 29.6 Å². The van der Waals surface area contributed by atoms with Gasteiger partial charge in [0.15, 0.2) is 0 Å². The average Bonchev–Trinajstić information content (AvgIpc) is 3.35. The normalized spacial score (nSPS) is 15.9. The van der Waals surface area contributed by atoms with Crippen LogP contribution in [0.1, 0.15) is 36.1 Å². The number of anilines is 2. The summed E-state index contributed by atoms with van der Waals surface area (Å²) in [5.41, 5.74) is 5.21. The summed E-state index contributed by atoms with van der Waals surface area (Å²) in [5.74, 6) is -0.0901. The monoisotopic (exact) mass is 454 g/mol. The molecule has 0 atom stereocenters. The van der Waals surface area contributed by atoms with E-state index in [0.717, 1.165) is 78.5 Å². The maximum Gasteiger partial charge on any atom is 0.142 e. The van der Waals surface area contributed by atoms with E-state index in [4.69, 9.17) is 16.6 Å². The highest BCUT2D eigenvalue weighted by molar-refractivity contribution is 6.31. The number of hydrogen-bond donors (Lipinski definition) is 0. The predicted octanol–water partition coefficient (Wildman–Crippen LogP) is 5.94. The molecular weight excluding hydrogens is 430 g/mol. The lowest BCUT2D eigenvalue weighted by atomic mass is 9.96. The Labute approximate surface area is 191 Å². The molecule has 4 heterocycles. The van der Waals surface area contributed by atoms with E-state index in [1.165, 1.54) is 12.8 Å². The zero-order chi connectivity index (χ0) is 22.2. The molecule has 32 heavy (non-hydrogen) atoms. The third kappa shape index (κ3) is 3.81. The van der Waals surface area contributed by atoms with Crippen LogP contribution >= 0.6 is 11.6 Å². The Morgan fingerprint density at radius 3 is 2.47 bits per heavy atom. The largest absolute Gasteiger partial charge is 0.365 e. The van der Waals surface area contributed by atoms with Crippen molar-refractivity contribution in [2.24, 2.45) is 0 Å². The fourth-order valence-corrected chi connectivity index (χ4v) is 5.04. The van der Waals surface area contributed by atoms with Crippen molar-refractivity contribution in [3.8, 4) is 11.1 Å². The molecule has 0 unspecified atom stereocenters. The molecule has 0 saturated carbocycles. The number of aromatic nitrogens is 2. The maximum atomic E-state index is 14.5. The van der Waals surface area contributed by atoms with Crippen LogP contribution in [0.4, 0.5) is 20.3 Å². The molecule has 0 amide bonds. The summed E-state index contributed by atoms with van der Waals surface area (Å²) in [4.78, 5) is 13.8. The number of fused-ring (bicyclic) bond motifs is 1. The second kappa shape index (κ2) is 8.66. The molecule has 5 rings (SSSR count). The van der Waals surface area contributed by atoms with Gasteiger partial charge in [-0.3, -0.25) is 4.98 Å². The van der Waals surface area contributed by atoms with Gasteiger partial charge in [0, 0.05) is 55.3 Å². The highest BCUT2D eigenvalue weighted by Gasteiger charge is 2.25. The molecule has 0 spiro atoms. The van der Waals surface area contributed by atoms with E-state index in [1.54, 1.807) is 0 Å². The number of rotatable bonds is 4. The van der Waals surface area contributed by atoms with Gasteiger partial charge in [0.1, 0.15) is 17.5 Å². The van der Waals surface area contributed by atoms with E-state index in [0.29, 0.717) is 0 Å². The lowest BCUT2D eigenvalue weighted by Gasteiger charge is -2.33. The topological polar surface area (TPSA) is 32.3 Å². The van der Waals surface area contributed by atoms with Crippen molar-refractivity contribution in [3.63, 3.8) is 0 Å². The molecule has 7 heteroatoms. The molecule has 2 aromatic heterocycles. The Hall–Kier alpha value is -2.73. The number of hydrogen-bond acceptors (Lipinski definition) is 4. The molecule has 2 aliphatic heterocycles. The van der Waals surface area contributed by atoms with E-state index in [9.17, 15) is 8.78 Å². The van der Waals surface area contributed by atoms with Crippen LogP contribution in [0.15, 0.2) is 36.7 Å². The van der Waals surface area contributed by atoms with Gasteiger partial charge in [-0.25, -0.2) is 13.8 Å². The van der Waals surface area contributed by atoms with E-state index in [-0.39, 0.29) is 17.1 Å². The number of pyridine rings is 2. The van der Waals surface area contributed by atoms with Crippen molar-refractivity contribution >= 4 is 23.1 Å². The van der Waals surface area contributed by atoms with Gasteiger partial charge in [-0.05, 0) is 62.4 Å². The summed E-state index contributed by atoms with van der Waals surface area (Å²) in [7, 11) is 0. The first-order chi connectivity index (χ1) is 15.5. The van der Waals surface area contributed by atoms with E-state index in [1.807, 2.05) is 12.4 Å². The van der Waals surface area contributed by atoms with Crippen LogP contribution in [0.3, 0.4) is 0 Å². The quantitative estimate of drug-likeness (QED) is 0.457. The fourth-order valence-electron chi connectivity index (χ4n) is 4.83. The molecule has 1 fully saturated rings. The fraction of sp³-hybridized carbons (Fsp3) is 0.360. The highest BCUT2D eigenvalue weighted by atomic mass is 35.5. The van der Waals surface area contributed by atoms with E-state index in [2.05, 4.69) is 33.8 Å². The van der Waals surface area contributed by atoms with Crippen molar-refractivity contribution < 1.29 is 8.78 Å². The lowest BCUT2D eigenvalue weighted by Crippen LogP contribution is -2.31. The first-order valence-corrected chi connectivity index (χ1v) is 11.5. The van der Waals surface area contributed by atoms with Gasteiger partial charge in [-0.1, -0.05) is 11.6 Å². The van der Waals surface area contributed by atoms with E-state index >= 15 is 0 Å². The molecule has 4 nitrogen and oxygen atoms in total. The van der Waals surface area contributed by atoms with Crippen LogP contribution in [0, 0.1) is 18.6 Å². The molecule has 0 aliphatic carbocycles. The van der Waals surface area contributed by atoms with Crippen LogP contribution in [-0.2, 0) is 13.0 Å². The molecule has 1 aromatic carbocycles. The third-order valence-electron chi connectivity index (χ3n) is 6.52. The Morgan fingerprint density at radius 2 is 1.72 bits per heavy atom. The van der Waals surface area contributed by atoms with Gasteiger partial charge in [0.2, 0.25) is 0 Å². The van der Waals surface area contributed by atoms with Gasteiger partial charge in [0.25, 0.3) is 0 Å². The van der Waals surface area contributed by atoms with Crippen molar-refractivity contribution in [3.05, 3.63) is 70.1 Å².